The molecule has 0 saturated carbocycles. The van der Waals surface area contributed by atoms with Crippen LogP contribution in [0.5, 0.6) is 0 Å². The number of anilines is 1. The summed E-state index contributed by atoms with van der Waals surface area (Å²) >= 11 is 5.93. The molecule has 1 N–H and O–H groups in total. The van der Waals surface area contributed by atoms with E-state index in [-0.39, 0.29) is 12.5 Å². The number of aryl methyl sites for hydroxylation is 1. The molecule has 9 heteroatoms. The van der Waals surface area contributed by atoms with Gasteiger partial charge in [0.1, 0.15) is 12.6 Å². The van der Waals surface area contributed by atoms with Crippen LogP contribution in [0.15, 0.2) is 48.5 Å². The molecule has 0 fully saturated rings. The van der Waals surface area contributed by atoms with E-state index in [1.165, 1.54) is 11.9 Å². The van der Waals surface area contributed by atoms with Gasteiger partial charge < -0.3 is 10.2 Å². The van der Waals surface area contributed by atoms with Crippen molar-refractivity contribution in [3.8, 4) is 0 Å². The monoisotopic (exact) mass is 451 g/mol. The minimum atomic E-state index is -3.73. The van der Waals surface area contributed by atoms with Gasteiger partial charge in [0.25, 0.3) is 0 Å². The average molecular weight is 452 g/mol. The Morgan fingerprint density at radius 3 is 2.23 bits per heavy atom. The minimum absolute atomic E-state index is 0.135. The number of rotatable bonds is 8. The Morgan fingerprint density at radius 2 is 1.70 bits per heavy atom. The highest BCUT2D eigenvalue weighted by atomic mass is 35.5. The summed E-state index contributed by atoms with van der Waals surface area (Å²) in [6.45, 7) is 3.09. The van der Waals surface area contributed by atoms with Gasteiger partial charge in [0, 0.05) is 18.6 Å². The molecule has 0 aromatic heterocycles. The Labute approximate surface area is 182 Å². The normalized spacial score (nSPS) is 12.2. The number of amides is 2. The molecule has 0 bridgehead atoms. The van der Waals surface area contributed by atoms with E-state index in [0.717, 1.165) is 21.7 Å². The van der Waals surface area contributed by atoms with Crippen LogP contribution >= 0.6 is 11.6 Å². The number of likely N-dealkylation sites (N-methyl/N-ethyl adjacent to an activating group) is 1. The van der Waals surface area contributed by atoms with Crippen molar-refractivity contribution in [1.29, 1.82) is 0 Å². The number of halogens is 1. The number of carbonyl (C=O) groups is 2. The topological polar surface area (TPSA) is 86.8 Å². The van der Waals surface area contributed by atoms with Gasteiger partial charge in [0.05, 0.1) is 11.9 Å². The molecule has 0 aliphatic heterocycles. The maximum absolute atomic E-state index is 13.2. The molecule has 2 aromatic rings. The lowest BCUT2D eigenvalue weighted by molar-refractivity contribution is -0.139. The van der Waals surface area contributed by atoms with Gasteiger partial charge in [0.15, 0.2) is 0 Å². The van der Waals surface area contributed by atoms with Gasteiger partial charge in [-0.1, -0.05) is 41.9 Å². The van der Waals surface area contributed by atoms with Crippen LogP contribution < -0.4 is 9.62 Å². The number of para-hydroxylation sites is 1. The molecule has 1 unspecified atom stereocenters. The smallest absolute Gasteiger partial charge is 0.244 e. The van der Waals surface area contributed by atoms with E-state index in [4.69, 9.17) is 11.6 Å². The van der Waals surface area contributed by atoms with Crippen molar-refractivity contribution in [2.45, 2.75) is 26.4 Å². The number of hydrogen-bond acceptors (Lipinski definition) is 4. The van der Waals surface area contributed by atoms with Crippen molar-refractivity contribution in [2.24, 2.45) is 0 Å². The number of nitrogens with one attached hydrogen (secondary N) is 1. The molecular weight excluding hydrogens is 426 g/mol. The molecule has 7 nitrogen and oxygen atoms in total. The summed E-state index contributed by atoms with van der Waals surface area (Å²) in [5.74, 6) is -0.839. The highest BCUT2D eigenvalue weighted by Crippen LogP contribution is 2.23. The average Bonchev–Trinajstić information content (AvgIpc) is 2.70. The summed E-state index contributed by atoms with van der Waals surface area (Å²) < 4.78 is 26.0. The Morgan fingerprint density at radius 1 is 1.10 bits per heavy atom. The summed E-state index contributed by atoms with van der Waals surface area (Å²) in [6, 6.07) is 13.0. The molecule has 0 spiro atoms. The van der Waals surface area contributed by atoms with Gasteiger partial charge in [-0.3, -0.25) is 13.9 Å². The molecule has 2 amide bonds. The van der Waals surface area contributed by atoms with Crippen LogP contribution in [0.3, 0.4) is 0 Å². The summed E-state index contributed by atoms with van der Waals surface area (Å²) in [5.41, 5.74) is 1.91. The molecule has 162 valence electrons. The van der Waals surface area contributed by atoms with E-state index in [9.17, 15) is 18.0 Å². The SMILES string of the molecule is CNC(=O)C(C)N(Cc1ccc(Cl)cc1)C(=O)CN(c1ccccc1C)S(C)(=O)=O. The van der Waals surface area contributed by atoms with Crippen LogP contribution in [0.2, 0.25) is 5.02 Å². The molecule has 0 aliphatic carbocycles. The van der Waals surface area contributed by atoms with E-state index in [2.05, 4.69) is 5.32 Å². The zero-order valence-corrected chi connectivity index (χ0v) is 19.0. The third-order valence-corrected chi connectivity index (χ3v) is 6.12. The molecule has 0 saturated heterocycles. The van der Waals surface area contributed by atoms with Gasteiger partial charge in [-0.2, -0.15) is 0 Å². The Hall–Kier alpha value is -2.58. The molecule has 0 radical (unpaired) electrons. The van der Waals surface area contributed by atoms with Gasteiger partial charge in [-0.25, -0.2) is 8.42 Å². The zero-order chi connectivity index (χ0) is 22.5. The third kappa shape index (κ3) is 5.96. The first-order chi connectivity index (χ1) is 14.0. The largest absolute Gasteiger partial charge is 0.357 e. The van der Waals surface area contributed by atoms with Crippen LogP contribution in [-0.2, 0) is 26.2 Å². The van der Waals surface area contributed by atoms with E-state index >= 15 is 0 Å². The van der Waals surface area contributed by atoms with Crippen molar-refractivity contribution < 1.29 is 18.0 Å². The van der Waals surface area contributed by atoms with E-state index in [1.54, 1.807) is 62.4 Å². The third-order valence-electron chi connectivity index (χ3n) is 4.74. The van der Waals surface area contributed by atoms with Gasteiger partial charge >= 0.3 is 0 Å². The van der Waals surface area contributed by atoms with E-state index in [0.29, 0.717) is 10.7 Å². The van der Waals surface area contributed by atoms with E-state index in [1.807, 2.05) is 0 Å². The van der Waals surface area contributed by atoms with Gasteiger partial charge in [-0.05, 0) is 43.2 Å². The van der Waals surface area contributed by atoms with Crippen LogP contribution in [0, 0.1) is 6.92 Å². The second-order valence-electron chi connectivity index (χ2n) is 6.99. The van der Waals surface area contributed by atoms with Gasteiger partial charge in [-0.15, -0.1) is 0 Å². The summed E-state index contributed by atoms with van der Waals surface area (Å²) in [7, 11) is -2.25. The predicted octanol–water partition coefficient (Wildman–Crippen LogP) is 2.58. The lowest BCUT2D eigenvalue weighted by atomic mass is 10.1. The van der Waals surface area contributed by atoms with Gasteiger partial charge in [0.2, 0.25) is 21.8 Å². The van der Waals surface area contributed by atoms with Crippen LogP contribution in [0.1, 0.15) is 18.1 Å². The van der Waals surface area contributed by atoms with Crippen LogP contribution in [0.4, 0.5) is 5.69 Å². The van der Waals surface area contributed by atoms with Crippen molar-refractivity contribution in [3.63, 3.8) is 0 Å². The minimum Gasteiger partial charge on any atom is -0.357 e. The number of carbonyl (C=O) groups excluding carboxylic acids is 2. The molecular formula is C21H26ClN3O4S. The number of benzene rings is 2. The Balaban J connectivity index is 2.38. The summed E-state index contributed by atoms with van der Waals surface area (Å²) in [4.78, 5) is 26.8. The van der Waals surface area contributed by atoms with Crippen LogP contribution in [-0.4, -0.2) is 51.0 Å². The maximum Gasteiger partial charge on any atom is 0.244 e. The Kier molecular flexibility index (Phi) is 7.86. The molecule has 2 rings (SSSR count). The summed E-state index contributed by atoms with van der Waals surface area (Å²) in [5, 5.41) is 3.09. The highest BCUT2D eigenvalue weighted by Gasteiger charge is 2.30. The lowest BCUT2D eigenvalue weighted by Gasteiger charge is -2.31. The van der Waals surface area contributed by atoms with Crippen molar-refractivity contribution in [2.75, 3.05) is 24.2 Å². The molecule has 0 aliphatic rings. The van der Waals surface area contributed by atoms with E-state index < -0.39 is 28.5 Å². The fourth-order valence-electron chi connectivity index (χ4n) is 3.02. The molecule has 1 atom stereocenters. The number of nitrogens with zero attached hydrogens (tertiary/aromatic N) is 2. The van der Waals surface area contributed by atoms with Crippen molar-refractivity contribution >= 4 is 39.1 Å². The summed E-state index contributed by atoms with van der Waals surface area (Å²) in [6.07, 6.45) is 1.05. The highest BCUT2D eigenvalue weighted by molar-refractivity contribution is 7.92. The second kappa shape index (κ2) is 9.95. The quantitative estimate of drug-likeness (QED) is 0.668. The Bertz CT molecular complexity index is 1010. The first-order valence-electron chi connectivity index (χ1n) is 9.33. The number of hydrogen-bond donors (Lipinski definition) is 1. The van der Waals surface area contributed by atoms with Crippen molar-refractivity contribution in [3.05, 3.63) is 64.7 Å². The first-order valence-corrected chi connectivity index (χ1v) is 11.6. The zero-order valence-electron chi connectivity index (χ0n) is 17.4. The predicted molar refractivity (Wildman–Crippen MR) is 119 cm³/mol. The molecule has 30 heavy (non-hydrogen) atoms. The second-order valence-corrected chi connectivity index (χ2v) is 9.34. The lowest BCUT2D eigenvalue weighted by Crippen LogP contribution is -2.50. The maximum atomic E-state index is 13.2. The fraction of sp³-hybridized carbons (Fsp3) is 0.333. The fourth-order valence-corrected chi connectivity index (χ4v) is 4.05. The van der Waals surface area contributed by atoms with Crippen LogP contribution in [0.25, 0.3) is 0 Å². The molecule has 0 heterocycles. The number of sulfonamides is 1. The first kappa shape index (κ1) is 23.7. The standard InChI is InChI=1S/C21H26ClN3O4S/c1-15-7-5-6-8-19(15)25(30(4,28)29)14-20(26)24(16(2)21(27)23-3)13-17-9-11-18(22)12-10-17/h5-12,16H,13-14H2,1-4H3,(H,23,27). The molecule has 2 aromatic carbocycles. The van der Waals surface area contributed by atoms with Crippen molar-refractivity contribution in [1.82, 2.24) is 10.2 Å².